The van der Waals surface area contributed by atoms with Crippen molar-refractivity contribution in [1.29, 1.82) is 0 Å². The standard InChI is InChI=1S/C11H11N3O4S/c15-10(16)4-7-2-1-3-9-11(7)14(13-12-9)8-5-19(17,18)6-8/h1-3,8H,4-6H2,(H,15,16). The second-order valence-corrected chi connectivity index (χ2v) is 6.77. The molecule has 0 bridgehead atoms. The van der Waals surface area contributed by atoms with Gasteiger partial charge in [0.05, 0.1) is 29.5 Å². The Morgan fingerprint density at radius 3 is 2.79 bits per heavy atom. The third-order valence-electron chi connectivity index (χ3n) is 3.16. The van der Waals surface area contributed by atoms with E-state index >= 15 is 0 Å². The summed E-state index contributed by atoms with van der Waals surface area (Å²) in [5.41, 5.74) is 1.80. The Hall–Kier alpha value is -1.96. The van der Waals surface area contributed by atoms with Crippen LogP contribution in [0.2, 0.25) is 0 Å². The molecule has 1 N–H and O–H groups in total. The number of para-hydroxylation sites is 1. The number of nitrogens with zero attached hydrogens (tertiary/aromatic N) is 3. The number of hydrogen-bond donors (Lipinski definition) is 1. The second-order valence-electron chi connectivity index (χ2n) is 4.62. The van der Waals surface area contributed by atoms with E-state index in [4.69, 9.17) is 5.11 Å². The van der Waals surface area contributed by atoms with Gasteiger partial charge in [-0.3, -0.25) is 4.79 Å². The molecule has 3 rings (SSSR count). The van der Waals surface area contributed by atoms with Gasteiger partial charge >= 0.3 is 5.97 Å². The minimum absolute atomic E-state index is 0.0346. The minimum Gasteiger partial charge on any atom is -0.481 e. The number of fused-ring (bicyclic) bond motifs is 1. The van der Waals surface area contributed by atoms with Crippen molar-refractivity contribution in [2.75, 3.05) is 11.5 Å². The first-order valence-electron chi connectivity index (χ1n) is 5.71. The molecular weight excluding hydrogens is 270 g/mol. The molecule has 7 nitrogen and oxygen atoms in total. The summed E-state index contributed by atoms with van der Waals surface area (Å²) in [5, 5.41) is 16.8. The number of hydrogen-bond acceptors (Lipinski definition) is 5. The number of rotatable bonds is 3. The summed E-state index contributed by atoms with van der Waals surface area (Å²) < 4.78 is 24.0. The smallest absolute Gasteiger partial charge is 0.307 e. The van der Waals surface area contributed by atoms with E-state index in [1.54, 1.807) is 18.2 Å². The molecule has 8 heteroatoms. The van der Waals surface area contributed by atoms with E-state index in [9.17, 15) is 13.2 Å². The van der Waals surface area contributed by atoms with Crippen LogP contribution in [0.25, 0.3) is 11.0 Å². The first-order valence-corrected chi connectivity index (χ1v) is 7.53. The van der Waals surface area contributed by atoms with Crippen LogP contribution in [0.4, 0.5) is 0 Å². The molecule has 1 aliphatic heterocycles. The molecule has 2 aromatic rings. The Morgan fingerprint density at radius 1 is 1.42 bits per heavy atom. The average Bonchev–Trinajstić information content (AvgIpc) is 2.69. The van der Waals surface area contributed by atoms with E-state index in [-0.39, 0.29) is 24.0 Å². The zero-order chi connectivity index (χ0) is 13.6. The SMILES string of the molecule is O=C(O)Cc1cccc2nnn(C3CS(=O)(=O)C3)c12. The van der Waals surface area contributed by atoms with Gasteiger partial charge in [0.15, 0.2) is 9.84 Å². The van der Waals surface area contributed by atoms with Gasteiger partial charge in [-0.2, -0.15) is 0 Å². The van der Waals surface area contributed by atoms with Crippen molar-refractivity contribution in [3.8, 4) is 0 Å². The lowest BCUT2D eigenvalue weighted by Crippen LogP contribution is -2.38. The van der Waals surface area contributed by atoms with Crippen LogP contribution in [-0.2, 0) is 21.1 Å². The van der Waals surface area contributed by atoms with Crippen LogP contribution in [0, 0.1) is 0 Å². The molecule has 19 heavy (non-hydrogen) atoms. The number of sulfone groups is 1. The van der Waals surface area contributed by atoms with Crippen molar-refractivity contribution in [3.63, 3.8) is 0 Å². The van der Waals surface area contributed by atoms with E-state index in [0.29, 0.717) is 16.6 Å². The van der Waals surface area contributed by atoms with E-state index in [0.717, 1.165) is 0 Å². The molecule has 1 aromatic carbocycles. The lowest BCUT2D eigenvalue weighted by Gasteiger charge is -2.26. The topological polar surface area (TPSA) is 102 Å². The molecule has 1 saturated heterocycles. The highest BCUT2D eigenvalue weighted by molar-refractivity contribution is 7.92. The van der Waals surface area contributed by atoms with Gasteiger partial charge in [0.1, 0.15) is 5.52 Å². The molecular formula is C11H11N3O4S. The quantitative estimate of drug-likeness (QED) is 0.851. The molecule has 1 aliphatic rings. The fraction of sp³-hybridized carbons (Fsp3) is 0.364. The fourth-order valence-corrected chi connectivity index (χ4v) is 3.66. The molecule has 0 atom stereocenters. The monoisotopic (exact) mass is 281 g/mol. The lowest BCUT2D eigenvalue weighted by atomic mass is 10.1. The van der Waals surface area contributed by atoms with Crippen molar-refractivity contribution in [2.24, 2.45) is 0 Å². The van der Waals surface area contributed by atoms with Crippen LogP contribution in [0.1, 0.15) is 11.6 Å². The van der Waals surface area contributed by atoms with E-state index in [2.05, 4.69) is 10.3 Å². The lowest BCUT2D eigenvalue weighted by molar-refractivity contribution is -0.136. The second kappa shape index (κ2) is 4.02. The molecule has 0 spiro atoms. The number of carbonyl (C=O) groups is 1. The molecule has 0 radical (unpaired) electrons. The molecule has 0 aliphatic carbocycles. The number of aromatic nitrogens is 3. The maximum Gasteiger partial charge on any atom is 0.307 e. The Bertz CT molecular complexity index is 753. The minimum atomic E-state index is -2.97. The maximum atomic E-state index is 11.2. The van der Waals surface area contributed by atoms with Gasteiger partial charge in [-0.1, -0.05) is 17.3 Å². The molecule has 2 heterocycles. The number of benzene rings is 1. The van der Waals surface area contributed by atoms with E-state index < -0.39 is 15.8 Å². The molecule has 1 aromatic heterocycles. The van der Waals surface area contributed by atoms with E-state index in [1.807, 2.05) is 0 Å². The van der Waals surface area contributed by atoms with E-state index in [1.165, 1.54) is 4.68 Å². The summed E-state index contributed by atoms with van der Waals surface area (Å²) in [6.07, 6.45) is -0.135. The van der Waals surface area contributed by atoms with Crippen LogP contribution < -0.4 is 0 Å². The molecule has 0 unspecified atom stereocenters. The van der Waals surface area contributed by atoms with Gasteiger partial charge in [-0.25, -0.2) is 13.1 Å². The fourth-order valence-electron chi connectivity index (χ4n) is 2.30. The highest BCUT2D eigenvalue weighted by Crippen LogP contribution is 2.28. The highest BCUT2D eigenvalue weighted by atomic mass is 32.2. The largest absolute Gasteiger partial charge is 0.481 e. The van der Waals surface area contributed by atoms with Crippen molar-refractivity contribution in [2.45, 2.75) is 12.5 Å². The first kappa shape index (κ1) is 12.1. The van der Waals surface area contributed by atoms with Gasteiger partial charge in [-0.15, -0.1) is 5.10 Å². The van der Waals surface area contributed by atoms with Gasteiger partial charge in [0.2, 0.25) is 0 Å². The third-order valence-corrected chi connectivity index (χ3v) is 4.94. The zero-order valence-corrected chi connectivity index (χ0v) is 10.7. The van der Waals surface area contributed by atoms with Gasteiger partial charge in [-0.05, 0) is 11.6 Å². The van der Waals surface area contributed by atoms with Crippen LogP contribution in [0.3, 0.4) is 0 Å². The summed E-state index contributed by atoms with van der Waals surface area (Å²) in [6.45, 7) is 0. The summed E-state index contributed by atoms with van der Waals surface area (Å²) in [5.74, 6) is -0.874. The number of carboxylic acids is 1. The zero-order valence-electron chi connectivity index (χ0n) is 9.85. The van der Waals surface area contributed by atoms with Crippen LogP contribution in [0.5, 0.6) is 0 Å². The Labute approximate surface area is 108 Å². The Balaban J connectivity index is 2.08. The highest BCUT2D eigenvalue weighted by Gasteiger charge is 2.36. The summed E-state index contributed by atoms with van der Waals surface area (Å²) in [7, 11) is -2.97. The summed E-state index contributed by atoms with van der Waals surface area (Å²) in [6, 6.07) is 4.91. The predicted octanol–water partition coefficient (Wildman–Crippen LogP) is 0.0279. The first-order chi connectivity index (χ1) is 8.96. The van der Waals surface area contributed by atoms with Gasteiger partial charge in [0.25, 0.3) is 0 Å². The third kappa shape index (κ3) is 2.07. The molecule has 1 fully saturated rings. The molecule has 0 saturated carbocycles. The van der Waals surface area contributed by atoms with Crippen molar-refractivity contribution < 1.29 is 18.3 Å². The molecule has 0 amide bonds. The normalized spacial score (nSPS) is 18.3. The molecule has 100 valence electrons. The Kier molecular flexibility index (Phi) is 2.56. The number of aliphatic carboxylic acids is 1. The summed E-state index contributed by atoms with van der Waals surface area (Å²) in [4.78, 5) is 10.9. The van der Waals surface area contributed by atoms with Crippen LogP contribution >= 0.6 is 0 Å². The predicted molar refractivity (Wildman–Crippen MR) is 66.6 cm³/mol. The van der Waals surface area contributed by atoms with Crippen molar-refractivity contribution in [3.05, 3.63) is 23.8 Å². The summed E-state index contributed by atoms with van der Waals surface area (Å²) >= 11 is 0. The van der Waals surface area contributed by atoms with Gasteiger partial charge < -0.3 is 5.11 Å². The Morgan fingerprint density at radius 2 is 2.16 bits per heavy atom. The average molecular weight is 281 g/mol. The van der Waals surface area contributed by atoms with Crippen molar-refractivity contribution >= 4 is 26.8 Å². The van der Waals surface area contributed by atoms with Gasteiger partial charge in [0, 0.05) is 0 Å². The van der Waals surface area contributed by atoms with Crippen molar-refractivity contribution in [1.82, 2.24) is 15.0 Å². The van der Waals surface area contributed by atoms with Crippen LogP contribution in [-0.4, -0.2) is 46.0 Å². The maximum absolute atomic E-state index is 11.2. The number of carboxylic acid groups (broad SMARTS) is 1. The van der Waals surface area contributed by atoms with Crippen LogP contribution in [0.15, 0.2) is 18.2 Å².